The average Bonchev–Trinajstić information content (AvgIpc) is 2.78. The van der Waals surface area contributed by atoms with Crippen LogP contribution in [0.2, 0.25) is 5.02 Å². The summed E-state index contributed by atoms with van der Waals surface area (Å²) in [6, 6.07) is 9.09. The molecule has 168 valence electrons. The van der Waals surface area contributed by atoms with Crippen LogP contribution in [0, 0.1) is 11.6 Å². The average molecular weight is 479 g/mol. The Morgan fingerprint density at radius 3 is 2.39 bits per heavy atom. The zero-order valence-corrected chi connectivity index (χ0v) is 17.2. The van der Waals surface area contributed by atoms with E-state index in [0.29, 0.717) is 11.0 Å². The number of nitrogens with zero attached hydrogens (tertiary/aromatic N) is 2. The lowest BCUT2D eigenvalue weighted by molar-refractivity contribution is -0.137. The molecule has 1 aromatic heterocycles. The van der Waals surface area contributed by atoms with Gasteiger partial charge in [0.1, 0.15) is 12.4 Å². The van der Waals surface area contributed by atoms with E-state index in [9.17, 15) is 22.4 Å². The summed E-state index contributed by atoms with van der Waals surface area (Å²) in [6.45, 7) is -0.470. The summed E-state index contributed by atoms with van der Waals surface area (Å²) in [5.41, 5.74) is -1.04. The molecule has 1 heterocycles. The van der Waals surface area contributed by atoms with Crippen LogP contribution in [-0.2, 0) is 12.8 Å². The summed E-state index contributed by atoms with van der Waals surface area (Å²) < 4.78 is 73.7. The summed E-state index contributed by atoms with van der Waals surface area (Å²) in [5.74, 6) is -3.84. The zero-order valence-electron chi connectivity index (χ0n) is 16.5. The largest absolute Gasteiger partial charge is 0.486 e. The second-order valence-electron chi connectivity index (χ2n) is 6.92. The van der Waals surface area contributed by atoms with E-state index in [2.05, 4.69) is 9.97 Å². The minimum Gasteiger partial charge on any atom is -0.486 e. The molecule has 0 atom stereocenters. The van der Waals surface area contributed by atoms with Crippen LogP contribution in [0.25, 0.3) is 11.0 Å². The molecule has 0 amide bonds. The molecule has 0 bridgehead atoms. The monoisotopic (exact) mass is 478 g/mol. The minimum atomic E-state index is -4.68. The van der Waals surface area contributed by atoms with Gasteiger partial charge in [-0.1, -0.05) is 17.7 Å². The molecule has 0 aliphatic carbocycles. The van der Waals surface area contributed by atoms with Gasteiger partial charge in [0.2, 0.25) is 0 Å². The van der Waals surface area contributed by atoms with Gasteiger partial charge in [-0.25, -0.2) is 8.78 Å². The zero-order chi connectivity index (χ0) is 23.8. The van der Waals surface area contributed by atoms with Crippen LogP contribution in [0.1, 0.15) is 27.0 Å². The molecule has 4 nitrogen and oxygen atoms in total. The second-order valence-corrected chi connectivity index (χ2v) is 7.33. The number of ketones is 1. The van der Waals surface area contributed by atoms with Crippen molar-refractivity contribution in [2.75, 3.05) is 0 Å². The summed E-state index contributed by atoms with van der Waals surface area (Å²) in [5, 5.41) is -0.493. The van der Waals surface area contributed by atoms with Crippen LogP contribution in [0.4, 0.5) is 22.0 Å². The molecule has 0 spiro atoms. The SMILES string of the molecule is O=C(c1ccc2nccnc2c1)c1c(F)ccc(OCc2ccc(Cl)c(C(F)(F)F)c2)c1F. The summed E-state index contributed by atoms with van der Waals surface area (Å²) >= 11 is 5.58. The van der Waals surface area contributed by atoms with E-state index in [1.165, 1.54) is 36.7 Å². The maximum absolute atomic E-state index is 15.0. The molecule has 3 aromatic carbocycles. The molecule has 0 aliphatic heterocycles. The van der Waals surface area contributed by atoms with E-state index in [4.69, 9.17) is 16.3 Å². The Kier molecular flexibility index (Phi) is 5.99. The second kappa shape index (κ2) is 8.74. The van der Waals surface area contributed by atoms with Crippen LogP contribution in [0.3, 0.4) is 0 Å². The lowest BCUT2D eigenvalue weighted by Gasteiger charge is -2.13. The Morgan fingerprint density at radius 2 is 1.67 bits per heavy atom. The lowest BCUT2D eigenvalue weighted by Crippen LogP contribution is -2.10. The van der Waals surface area contributed by atoms with E-state index >= 15 is 4.39 Å². The highest BCUT2D eigenvalue weighted by molar-refractivity contribution is 6.31. The number of ether oxygens (including phenoxy) is 1. The Hall–Kier alpha value is -3.59. The predicted molar refractivity (Wildman–Crippen MR) is 110 cm³/mol. The third-order valence-corrected chi connectivity index (χ3v) is 5.07. The molecule has 33 heavy (non-hydrogen) atoms. The molecule has 4 aromatic rings. The first-order valence-electron chi connectivity index (χ1n) is 9.37. The Morgan fingerprint density at radius 1 is 0.939 bits per heavy atom. The number of hydrogen-bond donors (Lipinski definition) is 0. The first-order chi connectivity index (χ1) is 15.6. The number of carbonyl (C=O) groups excluding carboxylic acids is 1. The topological polar surface area (TPSA) is 52.1 Å². The van der Waals surface area contributed by atoms with Gasteiger partial charge in [-0.05, 0) is 48.0 Å². The van der Waals surface area contributed by atoms with Crippen molar-refractivity contribution in [1.82, 2.24) is 9.97 Å². The van der Waals surface area contributed by atoms with Crippen molar-refractivity contribution in [2.24, 2.45) is 0 Å². The van der Waals surface area contributed by atoms with Crippen LogP contribution in [0.15, 0.2) is 60.9 Å². The third kappa shape index (κ3) is 4.63. The fourth-order valence-corrected chi connectivity index (χ4v) is 3.37. The van der Waals surface area contributed by atoms with Gasteiger partial charge >= 0.3 is 6.18 Å². The Bertz CT molecular complexity index is 1380. The highest BCUT2D eigenvalue weighted by Crippen LogP contribution is 2.35. The van der Waals surface area contributed by atoms with E-state index < -0.39 is 52.1 Å². The molecule has 0 aliphatic rings. The van der Waals surface area contributed by atoms with Gasteiger partial charge in [-0.2, -0.15) is 13.2 Å². The van der Waals surface area contributed by atoms with Crippen LogP contribution >= 0.6 is 11.6 Å². The lowest BCUT2D eigenvalue weighted by atomic mass is 10.0. The highest BCUT2D eigenvalue weighted by atomic mass is 35.5. The third-order valence-electron chi connectivity index (χ3n) is 4.74. The van der Waals surface area contributed by atoms with Crippen molar-refractivity contribution >= 4 is 28.4 Å². The van der Waals surface area contributed by atoms with E-state index in [1.807, 2.05) is 0 Å². The maximum atomic E-state index is 15.0. The van der Waals surface area contributed by atoms with Gasteiger partial charge in [0, 0.05) is 18.0 Å². The number of fused-ring (bicyclic) bond motifs is 1. The normalized spacial score (nSPS) is 11.6. The van der Waals surface area contributed by atoms with Gasteiger partial charge in [-0.15, -0.1) is 0 Å². The minimum absolute atomic E-state index is 0.0227. The highest BCUT2D eigenvalue weighted by Gasteiger charge is 2.33. The molecule has 10 heteroatoms. The quantitative estimate of drug-likeness (QED) is 0.246. The number of benzene rings is 3. The van der Waals surface area contributed by atoms with Crippen molar-refractivity contribution in [1.29, 1.82) is 0 Å². The number of alkyl halides is 3. The molecular formula is C23H12ClF5N2O2. The molecule has 0 N–H and O–H groups in total. The summed E-state index contributed by atoms with van der Waals surface area (Å²) in [6.07, 6.45) is -1.81. The van der Waals surface area contributed by atoms with E-state index in [1.54, 1.807) is 0 Å². The molecule has 0 radical (unpaired) electrons. The molecular weight excluding hydrogens is 467 g/mol. The number of carbonyl (C=O) groups is 1. The van der Waals surface area contributed by atoms with Crippen LogP contribution in [0.5, 0.6) is 5.75 Å². The van der Waals surface area contributed by atoms with Gasteiger partial charge in [0.15, 0.2) is 17.3 Å². The predicted octanol–water partition coefficient (Wildman–Crippen LogP) is 6.39. The molecule has 0 saturated heterocycles. The van der Waals surface area contributed by atoms with Crippen molar-refractivity contribution in [3.8, 4) is 5.75 Å². The van der Waals surface area contributed by atoms with Gasteiger partial charge in [0.05, 0.1) is 27.2 Å². The van der Waals surface area contributed by atoms with Crippen molar-refractivity contribution in [3.63, 3.8) is 0 Å². The molecule has 0 unspecified atom stereocenters. The Labute approximate surface area is 188 Å². The first kappa shape index (κ1) is 22.6. The fraction of sp³-hybridized carbons (Fsp3) is 0.0870. The summed E-state index contributed by atoms with van der Waals surface area (Å²) in [7, 11) is 0. The Balaban J connectivity index is 1.62. The van der Waals surface area contributed by atoms with Gasteiger partial charge < -0.3 is 4.74 Å². The first-order valence-corrected chi connectivity index (χ1v) is 9.75. The van der Waals surface area contributed by atoms with Crippen LogP contribution in [-0.4, -0.2) is 15.8 Å². The molecule has 0 fully saturated rings. The fourth-order valence-electron chi connectivity index (χ4n) is 3.14. The van der Waals surface area contributed by atoms with Gasteiger partial charge in [0.25, 0.3) is 0 Å². The molecule has 4 rings (SSSR count). The van der Waals surface area contributed by atoms with Crippen molar-refractivity contribution in [3.05, 3.63) is 99.8 Å². The van der Waals surface area contributed by atoms with Crippen molar-refractivity contribution < 1.29 is 31.5 Å². The number of aromatic nitrogens is 2. The van der Waals surface area contributed by atoms with Gasteiger partial charge in [-0.3, -0.25) is 14.8 Å². The maximum Gasteiger partial charge on any atom is 0.417 e. The van der Waals surface area contributed by atoms with Crippen LogP contribution < -0.4 is 4.74 Å². The summed E-state index contributed by atoms with van der Waals surface area (Å²) in [4.78, 5) is 20.9. The van der Waals surface area contributed by atoms with E-state index in [0.717, 1.165) is 24.3 Å². The number of hydrogen-bond acceptors (Lipinski definition) is 4. The number of halogens is 6. The number of rotatable bonds is 5. The van der Waals surface area contributed by atoms with Crippen molar-refractivity contribution in [2.45, 2.75) is 12.8 Å². The smallest absolute Gasteiger partial charge is 0.417 e. The molecule has 0 saturated carbocycles. The standard InChI is InChI=1S/C23H12ClF5N2O2/c24-15-3-1-12(9-14(15)23(27,28)29)11-33-19-6-4-16(25)20(21(19)26)22(32)13-2-5-17-18(10-13)31-8-7-30-17/h1-10H,11H2. The van der Waals surface area contributed by atoms with E-state index in [-0.39, 0.29) is 11.1 Å².